The Labute approximate surface area is 167 Å². The Bertz CT molecular complexity index is 1130. The van der Waals surface area contributed by atoms with Crippen molar-refractivity contribution < 1.29 is 4.39 Å². The first-order valence-corrected chi connectivity index (χ1v) is 10.1. The van der Waals surface area contributed by atoms with Gasteiger partial charge in [0.05, 0.1) is 5.69 Å². The number of hydrogen-bond donors (Lipinski definition) is 0. The van der Waals surface area contributed by atoms with Crippen molar-refractivity contribution in [1.82, 2.24) is 0 Å². The SMILES string of the molecule is O=c1c(N(CCc2ccccc2)Cc2ccccc2)csc2ccc(F)cc12. The minimum absolute atomic E-state index is 0.114. The van der Waals surface area contributed by atoms with Crippen LogP contribution in [0.1, 0.15) is 11.1 Å². The van der Waals surface area contributed by atoms with Crippen LogP contribution in [-0.2, 0) is 13.0 Å². The highest BCUT2D eigenvalue weighted by Crippen LogP contribution is 2.23. The Balaban J connectivity index is 1.70. The molecule has 0 spiro atoms. The van der Waals surface area contributed by atoms with Crippen LogP contribution in [0, 0.1) is 5.82 Å². The molecule has 0 aliphatic heterocycles. The number of rotatable bonds is 6. The van der Waals surface area contributed by atoms with Crippen LogP contribution in [0.25, 0.3) is 10.1 Å². The van der Waals surface area contributed by atoms with Gasteiger partial charge in [-0.25, -0.2) is 4.39 Å². The van der Waals surface area contributed by atoms with E-state index in [1.165, 1.54) is 29.0 Å². The number of fused-ring (bicyclic) bond motifs is 1. The van der Waals surface area contributed by atoms with Gasteiger partial charge < -0.3 is 4.90 Å². The highest BCUT2D eigenvalue weighted by atomic mass is 32.1. The van der Waals surface area contributed by atoms with Gasteiger partial charge in [0.15, 0.2) is 0 Å². The van der Waals surface area contributed by atoms with Crippen LogP contribution < -0.4 is 10.3 Å². The van der Waals surface area contributed by atoms with Crippen molar-refractivity contribution in [3.63, 3.8) is 0 Å². The molecule has 0 aliphatic rings. The van der Waals surface area contributed by atoms with Crippen LogP contribution in [0.2, 0.25) is 0 Å². The third kappa shape index (κ3) is 4.12. The summed E-state index contributed by atoms with van der Waals surface area (Å²) >= 11 is 1.48. The van der Waals surface area contributed by atoms with Gasteiger partial charge in [-0.05, 0) is 35.7 Å². The lowest BCUT2D eigenvalue weighted by molar-refractivity contribution is 0.629. The number of nitrogens with zero attached hydrogens (tertiary/aromatic N) is 1. The number of benzene rings is 3. The van der Waals surface area contributed by atoms with Crippen molar-refractivity contribution in [2.24, 2.45) is 0 Å². The van der Waals surface area contributed by atoms with Gasteiger partial charge in [-0.3, -0.25) is 4.79 Å². The topological polar surface area (TPSA) is 20.3 Å². The zero-order valence-electron chi connectivity index (χ0n) is 15.3. The van der Waals surface area contributed by atoms with E-state index in [1.54, 1.807) is 6.07 Å². The Morgan fingerprint density at radius 3 is 2.25 bits per heavy atom. The van der Waals surface area contributed by atoms with Gasteiger partial charge >= 0.3 is 0 Å². The van der Waals surface area contributed by atoms with Gasteiger partial charge in [0.1, 0.15) is 5.82 Å². The van der Waals surface area contributed by atoms with Crippen molar-refractivity contribution in [3.8, 4) is 0 Å². The lowest BCUT2D eigenvalue weighted by Crippen LogP contribution is -2.29. The van der Waals surface area contributed by atoms with Crippen molar-refractivity contribution in [2.45, 2.75) is 13.0 Å². The van der Waals surface area contributed by atoms with Crippen LogP contribution in [0.4, 0.5) is 10.1 Å². The average Bonchev–Trinajstić information content (AvgIpc) is 2.73. The second-order valence-electron chi connectivity index (χ2n) is 6.73. The summed E-state index contributed by atoms with van der Waals surface area (Å²) in [6, 6.07) is 24.8. The van der Waals surface area contributed by atoms with E-state index in [2.05, 4.69) is 29.2 Å². The maximum atomic E-state index is 13.7. The summed E-state index contributed by atoms with van der Waals surface area (Å²) in [4.78, 5) is 15.2. The van der Waals surface area contributed by atoms with Crippen molar-refractivity contribution in [3.05, 3.63) is 111 Å². The molecule has 0 saturated heterocycles. The summed E-state index contributed by atoms with van der Waals surface area (Å²) in [5, 5.41) is 2.34. The zero-order chi connectivity index (χ0) is 19.3. The molecular formula is C24H20FNOS. The molecule has 4 aromatic rings. The monoisotopic (exact) mass is 389 g/mol. The lowest BCUT2D eigenvalue weighted by atomic mass is 10.1. The number of hydrogen-bond acceptors (Lipinski definition) is 3. The summed E-state index contributed by atoms with van der Waals surface area (Å²) in [7, 11) is 0. The summed E-state index contributed by atoms with van der Waals surface area (Å²) in [5.41, 5.74) is 2.88. The van der Waals surface area contributed by atoms with Crippen molar-refractivity contribution >= 4 is 27.1 Å². The van der Waals surface area contributed by atoms with Crippen LogP contribution in [-0.4, -0.2) is 6.54 Å². The molecule has 2 nitrogen and oxygen atoms in total. The van der Waals surface area contributed by atoms with Crippen molar-refractivity contribution in [2.75, 3.05) is 11.4 Å². The molecule has 3 aromatic carbocycles. The second kappa shape index (κ2) is 8.36. The maximum absolute atomic E-state index is 13.7. The summed E-state index contributed by atoms with van der Waals surface area (Å²) < 4.78 is 14.5. The molecule has 0 N–H and O–H groups in total. The van der Waals surface area contributed by atoms with E-state index >= 15 is 0 Å². The van der Waals surface area contributed by atoms with Crippen LogP contribution in [0.15, 0.2) is 89.0 Å². The van der Waals surface area contributed by atoms with E-state index in [0.717, 1.165) is 16.7 Å². The van der Waals surface area contributed by atoms with Crippen LogP contribution in [0.5, 0.6) is 0 Å². The normalized spacial score (nSPS) is 10.9. The first kappa shape index (κ1) is 18.4. The van der Waals surface area contributed by atoms with Gasteiger partial charge in [-0.1, -0.05) is 60.7 Å². The standard InChI is InChI=1S/C24H20FNOS/c25-20-11-12-23-21(15-20)24(27)22(17-28-23)26(16-19-9-5-2-6-10-19)14-13-18-7-3-1-4-8-18/h1-12,15,17H,13-14,16H2. The molecule has 0 radical (unpaired) electrons. The fourth-order valence-corrected chi connectivity index (χ4v) is 4.23. The highest BCUT2D eigenvalue weighted by molar-refractivity contribution is 7.16. The van der Waals surface area contributed by atoms with E-state index in [9.17, 15) is 9.18 Å². The fraction of sp³-hybridized carbons (Fsp3) is 0.125. The smallest absolute Gasteiger partial charge is 0.211 e. The third-order valence-corrected chi connectivity index (χ3v) is 5.74. The van der Waals surface area contributed by atoms with E-state index in [1.807, 2.05) is 41.8 Å². The lowest BCUT2D eigenvalue weighted by Gasteiger charge is -2.24. The molecule has 4 heteroatoms. The van der Waals surface area contributed by atoms with E-state index < -0.39 is 0 Å². The van der Waals surface area contributed by atoms with Gasteiger partial charge in [-0.2, -0.15) is 0 Å². The first-order valence-electron chi connectivity index (χ1n) is 9.24. The average molecular weight is 389 g/mol. The predicted molar refractivity (Wildman–Crippen MR) is 116 cm³/mol. The Morgan fingerprint density at radius 1 is 0.857 bits per heavy atom. The fourth-order valence-electron chi connectivity index (χ4n) is 3.31. The molecule has 0 unspecified atom stereocenters. The molecule has 4 rings (SSSR count). The predicted octanol–water partition coefficient (Wildman–Crippen LogP) is 5.65. The quantitative estimate of drug-likeness (QED) is 0.425. The molecule has 0 amide bonds. The highest BCUT2D eigenvalue weighted by Gasteiger charge is 2.14. The molecule has 0 aliphatic carbocycles. The largest absolute Gasteiger partial charge is 0.363 e. The summed E-state index contributed by atoms with van der Waals surface area (Å²) in [5.74, 6) is -0.382. The minimum Gasteiger partial charge on any atom is -0.363 e. The van der Waals surface area contributed by atoms with Gasteiger partial charge in [-0.15, -0.1) is 11.3 Å². The molecule has 0 fully saturated rings. The number of halogens is 1. The molecule has 0 saturated carbocycles. The molecular weight excluding hydrogens is 369 g/mol. The molecule has 1 aromatic heterocycles. The summed E-state index contributed by atoms with van der Waals surface area (Å²) in [6.45, 7) is 1.35. The van der Waals surface area contributed by atoms with Gasteiger partial charge in [0.25, 0.3) is 0 Å². The summed E-state index contributed by atoms with van der Waals surface area (Å²) in [6.07, 6.45) is 0.832. The van der Waals surface area contributed by atoms with E-state index in [4.69, 9.17) is 0 Å². The van der Waals surface area contributed by atoms with Crippen LogP contribution >= 0.6 is 11.3 Å². The molecule has 0 atom stereocenters. The van der Waals surface area contributed by atoms with Crippen LogP contribution in [0.3, 0.4) is 0 Å². The van der Waals surface area contributed by atoms with Crippen molar-refractivity contribution in [1.29, 1.82) is 0 Å². The van der Waals surface area contributed by atoms with Gasteiger partial charge in [0, 0.05) is 28.6 Å². The Kier molecular flexibility index (Phi) is 5.49. The van der Waals surface area contributed by atoms with E-state index in [-0.39, 0.29) is 11.2 Å². The Hall–Kier alpha value is -2.98. The Morgan fingerprint density at radius 2 is 1.54 bits per heavy atom. The molecule has 28 heavy (non-hydrogen) atoms. The zero-order valence-corrected chi connectivity index (χ0v) is 16.2. The maximum Gasteiger partial charge on any atom is 0.211 e. The number of anilines is 1. The molecule has 1 heterocycles. The first-order chi connectivity index (χ1) is 13.7. The second-order valence-corrected chi connectivity index (χ2v) is 7.64. The minimum atomic E-state index is -0.382. The van der Waals surface area contributed by atoms with Gasteiger partial charge in [0.2, 0.25) is 5.43 Å². The molecule has 140 valence electrons. The van der Waals surface area contributed by atoms with E-state index in [0.29, 0.717) is 24.2 Å². The molecule has 0 bridgehead atoms. The third-order valence-electron chi connectivity index (χ3n) is 4.79.